The van der Waals surface area contributed by atoms with Crippen molar-refractivity contribution in [2.75, 3.05) is 39.4 Å². The second-order valence-electron chi connectivity index (χ2n) is 5.02. The van der Waals surface area contributed by atoms with Crippen molar-refractivity contribution < 1.29 is 13.9 Å². The van der Waals surface area contributed by atoms with E-state index in [1.807, 2.05) is 26.0 Å². The van der Waals surface area contributed by atoms with E-state index in [9.17, 15) is 4.79 Å². The van der Waals surface area contributed by atoms with E-state index in [-0.39, 0.29) is 12.1 Å². The molecule has 6 nitrogen and oxygen atoms in total. The molecule has 1 fully saturated rings. The number of nitrogens with zero attached hydrogens (tertiary/aromatic N) is 1. The van der Waals surface area contributed by atoms with Crippen molar-refractivity contribution in [2.24, 2.45) is 0 Å². The first-order valence-corrected chi connectivity index (χ1v) is 7.06. The number of furan rings is 1. The lowest BCUT2D eigenvalue weighted by Gasteiger charge is -2.26. The van der Waals surface area contributed by atoms with Gasteiger partial charge in [0.15, 0.2) is 0 Å². The van der Waals surface area contributed by atoms with Gasteiger partial charge in [0.1, 0.15) is 11.5 Å². The second-order valence-corrected chi connectivity index (χ2v) is 5.02. The standard InChI is InChI=1S/C14H23N3O3/c1-11-3-4-13(20-11)12(2)16-14(18)15-5-6-17-7-9-19-10-8-17/h3-4,12H,5-10H2,1-2H3,(H2,15,16,18). The third-order valence-electron chi connectivity index (χ3n) is 3.35. The van der Waals surface area contributed by atoms with Crippen LogP contribution in [0.15, 0.2) is 16.5 Å². The zero-order chi connectivity index (χ0) is 14.4. The van der Waals surface area contributed by atoms with Crippen molar-refractivity contribution in [1.82, 2.24) is 15.5 Å². The molecule has 1 aromatic rings. The van der Waals surface area contributed by atoms with Gasteiger partial charge in [-0.1, -0.05) is 0 Å². The average Bonchev–Trinajstić information content (AvgIpc) is 2.87. The summed E-state index contributed by atoms with van der Waals surface area (Å²) in [6.45, 7) is 8.71. The van der Waals surface area contributed by atoms with E-state index < -0.39 is 0 Å². The van der Waals surface area contributed by atoms with E-state index in [0.717, 1.165) is 44.4 Å². The normalized spacial score (nSPS) is 17.7. The van der Waals surface area contributed by atoms with Gasteiger partial charge in [0.2, 0.25) is 0 Å². The summed E-state index contributed by atoms with van der Waals surface area (Å²) in [7, 11) is 0. The van der Waals surface area contributed by atoms with Crippen LogP contribution in [0.4, 0.5) is 4.79 Å². The minimum atomic E-state index is -0.167. The number of hydrogen-bond acceptors (Lipinski definition) is 4. The Hall–Kier alpha value is -1.53. The van der Waals surface area contributed by atoms with Crippen LogP contribution in [0.3, 0.4) is 0 Å². The summed E-state index contributed by atoms with van der Waals surface area (Å²) < 4.78 is 10.8. The number of hydrogen-bond donors (Lipinski definition) is 2. The van der Waals surface area contributed by atoms with Gasteiger partial charge in [-0.25, -0.2) is 4.79 Å². The number of aryl methyl sites for hydroxylation is 1. The maximum Gasteiger partial charge on any atom is 0.315 e. The fraction of sp³-hybridized carbons (Fsp3) is 0.643. The van der Waals surface area contributed by atoms with Crippen molar-refractivity contribution in [1.29, 1.82) is 0 Å². The molecule has 6 heteroatoms. The first-order chi connectivity index (χ1) is 9.65. The Bertz CT molecular complexity index is 427. The first kappa shape index (κ1) is 14.9. The average molecular weight is 281 g/mol. The van der Waals surface area contributed by atoms with Gasteiger partial charge in [-0.2, -0.15) is 0 Å². The van der Waals surface area contributed by atoms with Crippen LogP contribution in [0.1, 0.15) is 24.5 Å². The number of carbonyl (C=O) groups excluding carboxylic acids is 1. The molecule has 1 aliphatic rings. The van der Waals surface area contributed by atoms with Gasteiger partial charge in [0.25, 0.3) is 0 Å². The molecule has 1 saturated heterocycles. The summed E-state index contributed by atoms with van der Waals surface area (Å²) in [6.07, 6.45) is 0. The minimum Gasteiger partial charge on any atom is -0.464 e. The molecule has 20 heavy (non-hydrogen) atoms. The highest BCUT2D eigenvalue weighted by Crippen LogP contribution is 2.15. The molecule has 2 amide bonds. The number of morpholine rings is 1. The highest BCUT2D eigenvalue weighted by atomic mass is 16.5. The number of carbonyl (C=O) groups is 1. The van der Waals surface area contributed by atoms with Gasteiger partial charge in [-0.15, -0.1) is 0 Å². The van der Waals surface area contributed by atoms with E-state index in [2.05, 4.69) is 15.5 Å². The molecule has 0 bridgehead atoms. The molecule has 1 aliphatic heterocycles. The molecular weight excluding hydrogens is 258 g/mol. The summed E-state index contributed by atoms with van der Waals surface area (Å²) in [5, 5.41) is 5.72. The van der Waals surface area contributed by atoms with Crippen molar-refractivity contribution in [3.05, 3.63) is 23.7 Å². The van der Waals surface area contributed by atoms with E-state index in [0.29, 0.717) is 6.54 Å². The third kappa shape index (κ3) is 4.54. The Morgan fingerprint density at radius 2 is 2.15 bits per heavy atom. The summed E-state index contributed by atoms with van der Waals surface area (Å²) >= 11 is 0. The molecular formula is C14H23N3O3. The monoisotopic (exact) mass is 281 g/mol. The van der Waals surface area contributed by atoms with Crippen LogP contribution in [0.2, 0.25) is 0 Å². The largest absolute Gasteiger partial charge is 0.464 e. The Kier molecular flexibility index (Phi) is 5.43. The van der Waals surface area contributed by atoms with Crippen molar-refractivity contribution in [2.45, 2.75) is 19.9 Å². The Morgan fingerprint density at radius 3 is 2.80 bits per heavy atom. The van der Waals surface area contributed by atoms with E-state index >= 15 is 0 Å². The molecule has 0 aliphatic carbocycles. The molecule has 2 N–H and O–H groups in total. The van der Waals surface area contributed by atoms with Gasteiger partial charge in [-0.05, 0) is 26.0 Å². The molecule has 0 aromatic carbocycles. The second kappa shape index (κ2) is 7.31. The van der Waals surface area contributed by atoms with Crippen LogP contribution < -0.4 is 10.6 Å². The van der Waals surface area contributed by atoms with Crippen molar-refractivity contribution in [3.8, 4) is 0 Å². The SMILES string of the molecule is Cc1ccc(C(C)NC(=O)NCCN2CCOCC2)o1. The number of amides is 2. The number of urea groups is 1. The zero-order valence-corrected chi connectivity index (χ0v) is 12.1. The van der Waals surface area contributed by atoms with Gasteiger partial charge >= 0.3 is 6.03 Å². The summed E-state index contributed by atoms with van der Waals surface area (Å²) in [5.41, 5.74) is 0. The Labute approximate surface area is 119 Å². The van der Waals surface area contributed by atoms with E-state index in [4.69, 9.17) is 9.15 Å². The van der Waals surface area contributed by atoms with Gasteiger partial charge in [0.05, 0.1) is 19.3 Å². The maximum atomic E-state index is 11.8. The fourth-order valence-corrected chi connectivity index (χ4v) is 2.16. The van der Waals surface area contributed by atoms with E-state index in [1.165, 1.54) is 0 Å². The number of ether oxygens (including phenoxy) is 1. The summed E-state index contributed by atoms with van der Waals surface area (Å²) in [5.74, 6) is 1.62. The zero-order valence-electron chi connectivity index (χ0n) is 12.1. The fourth-order valence-electron chi connectivity index (χ4n) is 2.16. The van der Waals surface area contributed by atoms with Crippen LogP contribution in [-0.4, -0.2) is 50.3 Å². The maximum absolute atomic E-state index is 11.8. The van der Waals surface area contributed by atoms with Crippen LogP contribution in [0, 0.1) is 6.92 Å². The molecule has 1 unspecified atom stereocenters. The quantitative estimate of drug-likeness (QED) is 0.853. The molecule has 112 valence electrons. The third-order valence-corrected chi connectivity index (χ3v) is 3.35. The van der Waals surface area contributed by atoms with Crippen LogP contribution in [0.25, 0.3) is 0 Å². The van der Waals surface area contributed by atoms with Crippen LogP contribution in [-0.2, 0) is 4.74 Å². The number of nitrogens with one attached hydrogen (secondary N) is 2. The lowest BCUT2D eigenvalue weighted by Crippen LogP contribution is -2.44. The van der Waals surface area contributed by atoms with Crippen molar-refractivity contribution in [3.63, 3.8) is 0 Å². The predicted molar refractivity (Wildman–Crippen MR) is 75.7 cm³/mol. The molecule has 1 aromatic heterocycles. The topological polar surface area (TPSA) is 66.7 Å². The molecule has 2 heterocycles. The Balaban J connectivity index is 1.64. The highest BCUT2D eigenvalue weighted by Gasteiger charge is 2.13. The van der Waals surface area contributed by atoms with Gasteiger partial charge in [-0.3, -0.25) is 4.90 Å². The van der Waals surface area contributed by atoms with Crippen LogP contribution in [0.5, 0.6) is 0 Å². The Morgan fingerprint density at radius 1 is 1.40 bits per heavy atom. The lowest BCUT2D eigenvalue weighted by atomic mass is 10.2. The van der Waals surface area contributed by atoms with E-state index in [1.54, 1.807) is 0 Å². The molecule has 2 rings (SSSR count). The summed E-state index contributed by atoms with van der Waals surface area (Å²) in [6, 6.07) is 3.48. The van der Waals surface area contributed by atoms with Crippen molar-refractivity contribution >= 4 is 6.03 Å². The smallest absolute Gasteiger partial charge is 0.315 e. The molecule has 1 atom stereocenters. The molecule has 0 radical (unpaired) electrons. The molecule has 0 saturated carbocycles. The molecule has 0 spiro atoms. The van der Waals surface area contributed by atoms with Gasteiger partial charge in [0, 0.05) is 26.2 Å². The number of rotatable bonds is 5. The predicted octanol–water partition coefficient (Wildman–Crippen LogP) is 1.28. The minimum absolute atomic E-state index is 0.132. The highest BCUT2D eigenvalue weighted by molar-refractivity contribution is 5.74. The first-order valence-electron chi connectivity index (χ1n) is 7.06. The lowest BCUT2D eigenvalue weighted by molar-refractivity contribution is 0.0387. The van der Waals surface area contributed by atoms with Gasteiger partial charge < -0.3 is 19.8 Å². The summed E-state index contributed by atoms with van der Waals surface area (Å²) in [4.78, 5) is 14.0. The van der Waals surface area contributed by atoms with Crippen LogP contribution >= 0.6 is 0 Å².